The molecule has 0 radical (unpaired) electrons. The summed E-state index contributed by atoms with van der Waals surface area (Å²) in [5, 5.41) is 0. The first-order valence-electron chi connectivity index (χ1n) is 11.0. The van der Waals surface area contributed by atoms with Crippen molar-refractivity contribution in [2.45, 2.75) is 59.0 Å². The number of carbonyl (C=O) groups excluding carboxylic acids is 1. The summed E-state index contributed by atoms with van der Waals surface area (Å²) in [7, 11) is 0. The van der Waals surface area contributed by atoms with Gasteiger partial charge in [-0.2, -0.15) is 0 Å². The van der Waals surface area contributed by atoms with Gasteiger partial charge in [-0.25, -0.2) is 4.79 Å². The van der Waals surface area contributed by atoms with Crippen LogP contribution in [0.2, 0.25) is 0 Å². The Morgan fingerprint density at radius 2 is 1.90 bits per heavy atom. The molecule has 160 valence electrons. The Labute approximate surface area is 179 Å². The Kier molecular flexibility index (Phi) is 6.28. The molecule has 5 heteroatoms. The number of carbonyl (C=O) groups is 1. The molecule has 0 unspecified atom stereocenters. The number of hydrogen-bond donors (Lipinski definition) is 0. The monoisotopic (exact) mass is 408 g/mol. The lowest BCUT2D eigenvalue weighted by Gasteiger charge is -2.29. The fourth-order valence-electron chi connectivity index (χ4n) is 4.20. The molecule has 2 aliphatic rings. The van der Waals surface area contributed by atoms with E-state index < -0.39 is 0 Å². The number of nitrogens with zero attached hydrogens (tertiary/aromatic N) is 2. The van der Waals surface area contributed by atoms with Crippen LogP contribution in [0.15, 0.2) is 42.5 Å². The van der Waals surface area contributed by atoms with Crippen LogP contribution >= 0.6 is 0 Å². The number of amides is 1. The molecule has 0 aliphatic carbocycles. The lowest BCUT2D eigenvalue weighted by molar-refractivity contribution is 0.0552. The highest BCUT2D eigenvalue weighted by molar-refractivity contribution is 5.68. The van der Waals surface area contributed by atoms with Gasteiger partial charge in [-0.15, -0.1) is 0 Å². The van der Waals surface area contributed by atoms with Gasteiger partial charge in [-0.05, 0) is 62.4 Å². The molecule has 1 saturated heterocycles. The molecule has 0 saturated carbocycles. The maximum absolute atomic E-state index is 12.2. The second-order valence-corrected chi connectivity index (χ2v) is 8.71. The molecule has 0 aromatic heterocycles. The maximum atomic E-state index is 12.2. The van der Waals surface area contributed by atoms with Gasteiger partial charge in [0.15, 0.2) is 0 Å². The van der Waals surface area contributed by atoms with Crippen LogP contribution in [0.4, 0.5) is 10.5 Å². The predicted molar refractivity (Wildman–Crippen MR) is 119 cm³/mol. The van der Waals surface area contributed by atoms with Crippen molar-refractivity contribution < 1.29 is 14.3 Å². The van der Waals surface area contributed by atoms with Crippen LogP contribution in [-0.2, 0) is 29.0 Å². The van der Waals surface area contributed by atoms with Crippen LogP contribution in [-0.4, -0.2) is 42.8 Å². The van der Waals surface area contributed by atoms with E-state index in [4.69, 9.17) is 9.47 Å². The summed E-state index contributed by atoms with van der Waals surface area (Å²) < 4.78 is 11.6. The fourth-order valence-corrected chi connectivity index (χ4v) is 4.20. The highest BCUT2D eigenvalue weighted by Crippen LogP contribution is 2.25. The minimum Gasteiger partial charge on any atom is -0.447 e. The van der Waals surface area contributed by atoms with Crippen LogP contribution in [0, 0.1) is 6.92 Å². The zero-order valence-corrected chi connectivity index (χ0v) is 18.3. The van der Waals surface area contributed by atoms with Crippen molar-refractivity contribution in [2.24, 2.45) is 0 Å². The van der Waals surface area contributed by atoms with Crippen LogP contribution in [0.1, 0.15) is 42.5 Å². The molecule has 1 amide bonds. The topological polar surface area (TPSA) is 42.0 Å². The van der Waals surface area contributed by atoms with Gasteiger partial charge in [0.2, 0.25) is 0 Å². The number of ether oxygens (including phenoxy) is 2. The molecule has 2 aliphatic heterocycles. The van der Waals surface area contributed by atoms with Crippen molar-refractivity contribution in [3.05, 3.63) is 64.7 Å². The molecule has 0 bridgehead atoms. The number of hydrogen-bond acceptors (Lipinski definition) is 4. The Bertz CT molecular complexity index is 878. The Hall–Kier alpha value is -2.53. The van der Waals surface area contributed by atoms with Gasteiger partial charge < -0.3 is 19.3 Å². The average Bonchev–Trinajstić information content (AvgIpc) is 3.20. The van der Waals surface area contributed by atoms with Gasteiger partial charge >= 0.3 is 6.09 Å². The summed E-state index contributed by atoms with van der Waals surface area (Å²) >= 11 is 0. The van der Waals surface area contributed by atoms with Crippen LogP contribution in [0.5, 0.6) is 0 Å². The maximum Gasteiger partial charge on any atom is 0.410 e. The van der Waals surface area contributed by atoms with Crippen molar-refractivity contribution in [1.29, 1.82) is 0 Å². The standard InChI is InChI=1S/C25H32N2O3/c1-18(2)30-25(28)27-12-10-21-7-6-20(14-22(21)15-27)17-29-24-11-13-26(16-24)23-8-4-19(3)5-9-23/h4-9,14,18,24H,10-13,15-17H2,1-3H3/t24-/m0/s1. The summed E-state index contributed by atoms with van der Waals surface area (Å²) in [6.07, 6.45) is 1.86. The van der Waals surface area contributed by atoms with E-state index in [1.807, 2.05) is 13.8 Å². The second kappa shape index (κ2) is 9.09. The minimum atomic E-state index is -0.223. The zero-order chi connectivity index (χ0) is 21.1. The molecule has 2 aromatic carbocycles. The molecule has 5 nitrogen and oxygen atoms in total. The average molecular weight is 409 g/mol. The van der Waals surface area contributed by atoms with Crippen LogP contribution < -0.4 is 4.90 Å². The minimum absolute atomic E-state index is 0.0930. The molecule has 1 atom stereocenters. The first kappa shape index (κ1) is 20.7. The number of fused-ring (bicyclic) bond motifs is 1. The van der Waals surface area contributed by atoms with Gasteiger partial charge in [-0.3, -0.25) is 0 Å². The quantitative estimate of drug-likeness (QED) is 0.720. The number of anilines is 1. The Morgan fingerprint density at radius 3 is 2.67 bits per heavy atom. The number of rotatable bonds is 5. The lowest BCUT2D eigenvalue weighted by atomic mass is 9.98. The molecule has 2 heterocycles. The second-order valence-electron chi connectivity index (χ2n) is 8.71. The van der Waals surface area contributed by atoms with E-state index in [1.54, 1.807) is 4.90 Å². The summed E-state index contributed by atoms with van der Waals surface area (Å²) in [5.74, 6) is 0. The third kappa shape index (κ3) is 4.96. The zero-order valence-electron chi connectivity index (χ0n) is 18.3. The smallest absolute Gasteiger partial charge is 0.410 e. The molecular formula is C25H32N2O3. The van der Waals surface area contributed by atoms with Crippen molar-refractivity contribution in [3.8, 4) is 0 Å². The first-order valence-corrected chi connectivity index (χ1v) is 11.0. The number of benzene rings is 2. The fraction of sp³-hybridized carbons (Fsp3) is 0.480. The summed E-state index contributed by atoms with van der Waals surface area (Å²) in [6, 6.07) is 15.2. The van der Waals surface area contributed by atoms with Gasteiger partial charge in [-0.1, -0.05) is 35.9 Å². The first-order chi connectivity index (χ1) is 14.5. The molecular weight excluding hydrogens is 376 g/mol. The van der Waals surface area contributed by atoms with Crippen molar-refractivity contribution in [1.82, 2.24) is 4.90 Å². The molecule has 0 spiro atoms. The van der Waals surface area contributed by atoms with E-state index in [1.165, 1.54) is 27.9 Å². The van der Waals surface area contributed by atoms with E-state index >= 15 is 0 Å². The van der Waals surface area contributed by atoms with Crippen LogP contribution in [0.3, 0.4) is 0 Å². The van der Waals surface area contributed by atoms with Crippen molar-refractivity contribution >= 4 is 11.8 Å². The number of aryl methyl sites for hydroxylation is 1. The summed E-state index contributed by atoms with van der Waals surface area (Å²) in [4.78, 5) is 16.4. The Morgan fingerprint density at radius 1 is 1.10 bits per heavy atom. The van der Waals surface area contributed by atoms with E-state index in [0.717, 1.165) is 25.9 Å². The highest BCUT2D eigenvalue weighted by Gasteiger charge is 2.25. The van der Waals surface area contributed by atoms with Gasteiger partial charge in [0.25, 0.3) is 0 Å². The third-order valence-corrected chi connectivity index (χ3v) is 5.91. The van der Waals surface area contributed by atoms with E-state index in [0.29, 0.717) is 19.7 Å². The molecule has 30 heavy (non-hydrogen) atoms. The van der Waals surface area contributed by atoms with Gasteiger partial charge in [0.1, 0.15) is 0 Å². The SMILES string of the molecule is Cc1ccc(N2CC[C@H](OCc3ccc4c(c3)CN(C(=O)OC(C)C)CC4)C2)cc1. The van der Waals surface area contributed by atoms with Crippen molar-refractivity contribution in [2.75, 3.05) is 24.5 Å². The van der Waals surface area contributed by atoms with E-state index in [-0.39, 0.29) is 18.3 Å². The van der Waals surface area contributed by atoms with Crippen LogP contribution in [0.25, 0.3) is 0 Å². The molecule has 4 rings (SSSR count). The summed E-state index contributed by atoms with van der Waals surface area (Å²) in [5.41, 5.74) is 6.25. The van der Waals surface area contributed by atoms with E-state index in [2.05, 4.69) is 54.3 Å². The lowest BCUT2D eigenvalue weighted by Crippen LogP contribution is -2.37. The highest BCUT2D eigenvalue weighted by atomic mass is 16.6. The molecule has 2 aromatic rings. The normalized spacial score (nSPS) is 18.6. The summed E-state index contributed by atoms with van der Waals surface area (Å²) in [6.45, 7) is 9.78. The molecule has 1 fully saturated rings. The predicted octanol–water partition coefficient (Wildman–Crippen LogP) is 4.69. The third-order valence-electron chi connectivity index (χ3n) is 5.91. The van der Waals surface area contributed by atoms with Crippen molar-refractivity contribution in [3.63, 3.8) is 0 Å². The van der Waals surface area contributed by atoms with Gasteiger partial charge in [0.05, 0.1) is 18.8 Å². The Balaban J connectivity index is 1.32. The van der Waals surface area contributed by atoms with E-state index in [9.17, 15) is 4.79 Å². The largest absolute Gasteiger partial charge is 0.447 e. The van der Waals surface area contributed by atoms with Gasteiger partial charge in [0, 0.05) is 31.9 Å². The molecule has 0 N–H and O–H groups in total.